The first-order valence-corrected chi connectivity index (χ1v) is 6.90. The third-order valence-electron chi connectivity index (χ3n) is 3.41. The highest BCUT2D eigenvalue weighted by Crippen LogP contribution is 2.17. The highest BCUT2D eigenvalue weighted by Gasteiger charge is 2.20. The maximum Gasteiger partial charge on any atom is 0.324 e. The molecular weight excluding hydrogens is 254 g/mol. The van der Waals surface area contributed by atoms with E-state index in [4.69, 9.17) is 4.74 Å². The topological polar surface area (TPSA) is 56.2 Å². The van der Waals surface area contributed by atoms with Gasteiger partial charge in [0.15, 0.2) is 0 Å². The predicted octanol–water partition coefficient (Wildman–Crippen LogP) is 1.75. The van der Waals surface area contributed by atoms with Gasteiger partial charge in [-0.3, -0.25) is 4.79 Å². The van der Waals surface area contributed by atoms with Gasteiger partial charge in [-0.2, -0.15) is 0 Å². The van der Waals surface area contributed by atoms with Crippen molar-refractivity contribution in [3.63, 3.8) is 0 Å². The summed E-state index contributed by atoms with van der Waals surface area (Å²) in [6.45, 7) is 2.65. The van der Waals surface area contributed by atoms with Crippen molar-refractivity contribution < 1.29 is 9.53 Å². The number of imidazole rings is 1. The van der Waals surface area contributed by atoms with E-state index in [2.05, 4.69) is 21.8 Å². The monoisotopic (exact) mass is 275 g/mol. The van der Waals surface area contributed by atoms with Crippen LogP contribution in [0.3, 0.4) is 0 Å². The number of methoxy groups -OCH3 is 1. The molecule has 1 unspecified atom stereocenters. The number of esters is 1. The quantitative estimate of drug-likeness (QED) is 0.816. The number of fused-ring (bicyclic) bond motifs is 1. The Bertz CT molecular complexity index is 592. The number of carbonyl (C=O) groups is 1. The van der Waals surface area contributed by atoms with Gasteiger partial charge >= 0.3 is 5.97 Å². The van der Waals surface area contributed by atoms with Crippen LogP contribution in [0.15, 0.2) is 24.3 Å². The second kappa shape index (κ2) is 6.52. The van der Waals surface area contributed by atoms with Gasteiger partial charge < -0.3 is 14.6 Å². The van der Waals surface area contributed by atoms with Crippen LogP contribution in [0.1, 0.15) is 19.2 Å². The van der Waals surface area contributed by atoms with Crippen molar-refractivity contribution in [2.24, 2.45) is 0 Å². The minimum absolute atomic E-state index is 0.257. The van der Waals surface area contributed by atoms with E-state index in [1.54, 1.807) is 7.05 Å². The Labute approximate surface area is 118 Å². The van der Waals surface area contributed by atoms with Crippen LogP contribution in [0, 0.1) is 0 Å². The number of ether oxygens (including phenoxy) is 1. The van der Waals surface area contributed by atoms with Gasteiger partial charge in [0, 0.05) is 6.42 Å². The predicted molar refractivity (Wildman–Crippen MR) is 78.6 cm³/mol. The zero-order chi connectivity index (χ0) is 14.5. The summed E-state index contributed by atoms with van der Waals surface area (Å²) in [5.74, 6) is 0.755. The average Bonchev–Trinajstić information content (AvgIpc) is 2.82. The van der Waals surface area contributed by atoms with E-state index in [1.165, 1.54) is 7.11 Å². The standard InChI is InChI=1S/C15H21N3O2/c1-4-7-14-17-11-8-5-6-9-13(11)18(14)10-12(16-2)15(19)20-3/h5-6,8-9,12,16H,4,7,10H2,1-3H3. The molecule has 0 saturated heterocycles. The largest absolute Gasteiger partial charge is 0.468 e. The van der Waals surface area contributed by atoms with Crippen molar-refractivity contribution in [3.8, 4) is 0 Å². The van der Waals surface area contributed by atoms with Crippen molar-refractivity contribution in [2.75, 3.05) is 14.2 Å². The van der Waals surface area contributed by atoms with E-state index in [-0.39, 0.29) is 12.0 Å². The molecule has 0 saturated carbocycles. The van der Waals surface area contributed by atoms with Crippen molar-refractivity contribution >= 4 is 17.0 Å². The van der Waals surface area contributed by atoms with Crippen molar-refractivity contribution in [1.29, 1.82) is 0 Å². The molecule has 1 N–H and O–H groups in total. The van der Waals surface area contributed by atoms with Gasteiger partial charge in [-0.05, 0) is 25.6 Å². The summed E-state index contributed by atoms with van der Waals surface area (Å²) in [4.78, 5) is 16.4. The summed E-state index contributed by atoms with van der Waals surface area (Å²) >= 11 is 0. The van der Waals surface area contributed by atoms with E-state index >= 15 is 0 Å². The second-order valence-electron chi connectivity index (χ2n) is 4.74. The highest BCUT2D eigenvalue weighted by molar-refractivity contribution is 5.78. The number of nitrogens with zero attached hydrogens (tertiary/aromatic N) is 2. The number of hydrogen-bond acceptors (Lipinski definition) is 4. The molecule has 1 aromatic carbocycles. The maximum atomic E-state index is 11.8. The molecule has 5 nitrogen and oxygen atoms in total. The minimum atomic E-state index is -0.367. The number of aryl methyl sites for hydroxylation is 1. The maximum absolute atomic E-state index is 11.8. The van der Waals surface area contributed by atoms with Crippen LogP contribution in [0.2, 0.25) is 0 Å². The number of nitrogens with one attached hydrogen (secondary N) is 1. The number of benzene rings is 1. The molecule has 1 aromatic heterocycles. The average molecular weight is 275 g/mol. The molecule has 2 rings (SSSR count). The van der Waals surface area contributed by atoms with E-state index < -0.39 is 0 Å². The molecule has 0 aliphatic carbocycles. The molecule has 0 aliphatic rings. The zero-order valence-corrected chi connectivity index (χ0v) is 12.2. The van der Waals surface area contributed by atoms with Crippen LogP contribution < -0.4 is 5.32 Å². The fourth-order valence-electron chi connectivity index (χ4n) is 2.35. The van der Waals surface area contributed by atoms with Crippen molar-refractivity contribution in [1.82, 2.24) is 14.9 Å². The molecule has 0 amide bonds. The first-order chi connectivity index (χ1) is 9.71. The van der Waals surface area contributed by atoms with Gasteiger partial charge in [-0.25, -0.2) is 4.98 Å². The fraction of sp³-hybridized carbons (Fsp3) is 0.467. The lowest BCUT2D eigenvalue weighted by atomic mass is 10.2. The number of likely N-dealkylation sites (N-methyl/N-ethyl adjacent to an activating group) is 1. The lowest BCUT2D eigenvalue weighted by molar-refractivity contribution is -0.143. The summed E-state index contributed by atoms with van der Waals surface area (Å²) in [6.07, 6.45) is 1.91. The number of aromatic nitrogens is 2. The Morgan fingerprint density at radius 2 is 2.20 bits per heavy atom. The van der Waals surface area contributed by atoms with Gasteiger partial charge in [0.25, 0.3) is 0 Å². The Kier molecular flexibility index (Phi) is 4.74. The van der Waals surface area contributed by atoms with Crippen molar-refractivity contribution in [2.45, 2.75) is 32.4 Å². The lowest BCUT2D eigenvalue weighted by Gasteiger charge is -2.16. The van der Waals surface area contributed by atoms with Crippen LogP contribution in [0.5, 0.6) is 0 Å². The van der Waals surface area contributed by atoms with Gasteiger partial charge in [-0.15, -0.1) is 0 Å². The van der Waals surface area contributed by atoms with E-state index in [1.807, 2.05) is 24.3 Å². The van der Waals surface area contributed by atoms with Crippen LogP contribution >= 0.6 is 0 Å². The smallest absolute Gasteiger partial charge is 0.324 e. The van der Waals surface area contributed by atoms with E-state index in [0.717, 1.165) is 29.7 Å². The lowest BCUT2D eigenvalue weighted by Crippen LogP contribution is -2.39. The minimum Gasteiger partial charge on any atom is -0.468 e. The van der Waals surface area contributed by atoms with Gasteiger partial charge in [0.1, 0.15) is 11.9 Å². The molecule has 20 heavy (non-hydrogen) atoms. The van der Waals surface area contributed by atoms with E-state index in [0.29, 0.717) is 6.54 Å². The third-order valence-corrected chi connectivity index (χ3v) is 3.41. The molecule has 0 aliphatic heterocycles. The normalized spacial score (nSPS) is 12.6. The van der Waals surface area contributed by atoms with Crippen LogP contribution in [0.4, 0.5) is 0 Å². The molecule has 0 fully saturated rings. The zero-order valence-electron chi connectivity index (χ0n) is 12.2. The van der Waals surface area contributed by atoms with Gasteiger partial charge in [0.2, 0.25) is 0 Å². The molecule has 5 heteroatoms. The second-order valence-corrected chi connectivity index (χ2v) is 4.74. The summed E-state index contributed by atoms with van der Waals surface area (Å²) in [6, 6.07) is 7.63. The first-order valence-electron chi connectivity index (χ1n) is 6.90. The molecule has 0 bridgehead atoms. The number of rotatable bonds is 6. The first kappa shape index (κ1) is 14.5. The molecule has 2 aromatic rings. The third kappa shape index (κ3) is 2.82. The van der Waals surface area contributed by atoms with E-state index in [9.17, 15) is 4.79 Å². The van der Waals surface area contributed by atoms with Crippen molar-refractivity contribution in [3.05, 3.63) is 30.1 Å². The molecule has 1 atom stereocenters. The molecule has 1 heterocycles. The SMILES string of the molecule is CCCc1nc2ccccc2n1CC(NC)C(=O)OC. The Hall–Kier alpha value is -1.88. The number of para-hydroxylation sites is 2. The summed E-state index contributed by atoms with van der Waals surface area (Å²) in [5.41, 5.74) is 2.02. The van der Waals surface area contributed by atoms with Crippen LogP contribution in [-0.2, 0) is 22.5 Å². The molecule has 108 valence electrons. The number of hydrogen-bond donors (Lipinski definition) is 1. The van der Waals surface area contributed by atoms with Crippen LogP contribution in [0.25, 0.3) is 11.0 Å². The van der Waals surface area contributed by atoms with Crippen LogP contribution in [-0.4, -0.2) is 35.7 Å². The Balaban J connectivity index is 2.40. The Morgan fingerprint density at radius 1 is 1.45 bits per heavy atom. The summed E-state index contributed by atoms with van der Waals surface area (Å²) < 4.78 is 6.94. The summed E-state index contributed by atoms with van der Waals surface area (Å²) in [5, 5.41) is 3.00. The van der Waals surface area contributed by atoms with Gasteiger partial charge in [0.05, 0.1) is 24.7 Å². The number of carbonyl (C=O) groups excluding carboxylic acids is 1. The molecular formula is C15H21N3O2. The van der Waals surface area contributed by atoms with Gasteiger partial charge in [-0.1, -0.05) is 19.1 Å². The molecule has 0 spiro atoms. The Morgan fingerprint density at radius 3 is 2.85 bits per heavy atom. The highest BCUT2D eigenvalue weighted by atomic mass is 16.5. The fourth-order valence-corrected chi connectivity index (χ4v) is 2.35. The molecule has 0 radical (unpaired) electrons. The summed E-state index contributed by atoms with van der Waals surface area (Å²) in [7, 11) is 3.17.